The van der Waals surface area contributed by atoms with Crippen LogP contribution >= 0.6 is 34.8 Å². The summed E-state index contributed by atoms with van der Waals surface area (Å²) >= 11 is 15.2. The highest BCUT2D eigenvalue weighted by molar-refractivity contribution is 7.92. The van der Waals surface area contributed by atoms with Gasteiger partial charge in [-0.2, -0.15) is 14.7 Å². The van der Waals surface area contributed by atoms with E-state index >= 15 is 0 Å². The summed E-state index contributed by atoms with van der Waals surface area (Å²) in [5, 5.41) is 25.8. The van der Waals surface area contributed by atoms with Crippen molar-refractivity contribution in [1.82, 2.24) is 49.6 Å². The Morgan fingerprint density at radius 2 is 1.33 bits per heavy atom. The van der Waals surface area contributed by atoms with Crippen molar-refractivity contribution in [2.45, 2.75) is 159 Å². The molecule has 9 N–H and O–H groups in total. The van der Waals surface area contributed by atoms with E-state index in [-0.39, 0.29) is 93.6 Å². The number of aryl methyl sites for hydroxylation is 1. The van der Waals surface area contributed by atoms with Crippen LogP contribution in [0.2, 0.25) is 10.0 Å². The van der Waals surface area contributed by atoms with Gasteiger partial charge < -0.3 is 56.0 Å². The number of amides is 3. The van der Waals surface area contributed by atoms with Gasteiger partial charge in [0.2, 0.25) is 15.9 Å². The number of benzene rings is 4. The number of sulfonamides is 1. The molecule has 5 atom stereocenters. The summed E-state index contributed by atoms with van der Waals surface area (Å²) in [5.74, 6) is 0.334. The fraction of sp³-hybridized carbons (Fsp3) is 0.429. The molecule has 101 heavy (non-hydrogen) atoms. The Balaban J connectivity index is 0.000000308. The van der Waals surface area contributed by atoms with Crippen LogP contribution in [0, 0.1) is 13.8 Å². The number of nitrogens with two attached hydrogens (primary N) is 2. The van der Waals surface area contributed by atoms with Crippen LogP contribution < -0.4 is 37.3 Å². The number of carbonyl (C=O) groups excluding carboxylic acids is 4. The first-order valence-electron chi connectivity index (χ1n) is 30.9. The van der Waals surface area contributed by atoms with Crippen molar-refractivity contribution in [3.8, 4) is 5.88 Å². The van der Waals surface area contributed by atoms with Crippen LogP contribution in [0.15, 0.2) is 108 Å². The van der Waals surface area contributed by atoms with Crippen LogP contribution in [0.3, 0.4) is 0 Å². The number of aromatic amines is 1. The summed E-state index contributed by atoms with van der Waals surface area (Å²) in [6.07, 6.45) is 6.36. The third kappa shape index (κ3) is 23.1. The second-order valence-electron chi connectivity index (χ2n) is 25.7. The van der Waals surface area contributed by atoms with Gasteiger partial charge in [0, 0.05) is 84.4 Å². The van der Waals surface area contributed by atoms with Gasteiger partial charge in [0.15, 0.2) is 5.65 Å². The fourth-order valence-corrected chi connectivity index (χ4v) is 12.2. The Morgan fingerprint density at radius 1 is 0.782 bits per heavy atom. The predicted molar refractivity (Wildman–Crippen MR) is 401 cm³/mol. The number of alkyl carbamates (subject to hydrolysis) is 1. The SMILES string of the molecule is C.C.C.C.CC(C)(C)OC(=O)N[C@H]1CCNC1.CS(=O)[O-].Cc1c(O)n2nc([C@@H]3Cc4ccccc4CN3C(=O)OC(C)(C)C)cc2[nH]c1=O.Cc1cn2nc([C@@H]3Cc4ccccc4CN3C(=O)c3cc(Cl)ccc3NS(C)(=O)=O)cc2nc1N1CC[C@H](N)C1.Nc1ccc(Cl)cc1C(=O)Cl. The van der Waals surface area contributed by atoms with E-state index in [1.807, 2.05) is 103 Å². The summed E-state index contributed by atoms with van der Waals surface area (Å²) in [5.41, 5.74) is 18.9. The van der Waals surface area contributed by atoms with Gasteiger partial charge in [-0.25, -0.2) is 27.5 Å². The Bertz CT molecular complexity index is 4410. The van der Waals surface area contributed by atoms with E-state index in [1.54, 1.807) is 32.5 Å². The van der Waals surface area contributed by atoms with Gasteiger partial charge in [-0.3, -0.25) is 28.2 Å². The zero-order valence-electron chi connectivity index (χ0n) is 55.3. The number of anilines is 3. The first-order valence-corrected chi connectivity index (χ1v) is 35.4. The number of H-pyrrole nitrogens is 1. The van der Waals surface area contributed by atoms with Crippen molar-refractivity contribution in [3.63, 3.8) is 0 Å². The lowest BCUT2D eigenvalue weighted by Gasteiger charge is -2.37. The summed E-state index contributed by atoms with van der Waals surface area (Å²) < 4.78 is 58.4. The average Bonchev–Trinajstić information content (AvgIpc) is 1.68. The minimum Gasteiger partial charge on any atom is -0.773 e. The standard InChI is InChI=1S/C28H30ClN7O3S.C21H24N4O4.C9H18N2O2.C7H5Cl2NO.CH4O2S.4CH4/c1-17-14-36-26(31-27(17)34-10-9-21(30)16-34)13-24(32-36)25-11-18-5-3-4-6-19(18)15-35(25)28(37)22-12-20(29)7-8-23(22)33-40(2,38)39;1-12-18(26)22-17-10-15(23-25(17)19(12)27)16-9-13-7-5-6-8-14(13)11-24(16)20(28)29-21(2,3)4;1-9(2,3)13-8(12)11-7-4-5-10-6-7;8-4-1-2-6(10)5(3-4)7(9)11;1-4(2)3;;;;/h3-8,12-14,21,25,33H,9-11,15-16,30H2,1-2H3;5-8,10,16,27H,9,11H2,1-4H3,(H,22,26);7,10H,4-6H2,1-3H3,(H,11,12);1-3H,10H2;1H3,(H,2,3);4*1H4/p-1/t21-,25-;16-;7-;;;;;;/m000....../s1. The first-order chi connectivity index (χ1) is 45.5. The van der Waals surface area contributed by atoms with Crippen molar-refractivity contribution < 1.29 is 50.9 Å². The predicted octanol–water partition coefficient (Wildman–Crippen LogP) is 11.8. The number of aromatic hydroxyl groups is 1. The zero-order chi connectivity index (χ0) is 71.0. The molecule has 2 fully saturated rings. The molecule has 31 heteroatoms. The van der Waals surface area contributed by atoms with Crippen LogP contribution in [0.25, 0.3) is 11.3 Å². The highest BCUT2D eigenvalue weighted by Crippen LogP contribution is 2.38. The second-order valence-corrected chi connectivity index (χ2v) is 29.5. The molecule has 0 spiro atoms. The van der Waals surface area contributed by atoms with Gasteiger partial charge >= 0.3 is 12.2 Å². The number of rotatable bonds is 8. The quantitative estimate of drug-likeness (QED) is 0.0422. The van der Waals surface area contributed by atoms with Gasteiger partial charge in [-0.15, -0.1) is 0 Å². The molecule has 4 aromatic heterocycles. The van der Waals surface area contributed by atoms with E-state index in [4.69, 9.17) is 74.6 Å². The molecule has 1 unspecified atom stereocenters. The number of carbonyl (C=O) groups is 4. The number of ether oxygens (including phenoxy) is 2. The van der Waals surface area contributed by atoms with Crippen molar-refractivity contribution in [3.05, 3.63) is 180 Å². The molecule has 4 aliphatic heterocycles. The number of nitrogens with zero attached hydrogens (tertiary/aromatic N) is 8. The molecule has 8 heterocycles. The van der Waals surface area contributed by atoms with E-state index in [0.29, 0.717) is 64.3 Å². The van der Waals surface area contributed by atoms with Crippen molar-refractivity contribution >= 4 is 108 Å². The molecule has 4 aliphatic rings. The molecule has 4 aromatic carbocycles. The van der Waals surface area contributed by atoms with Gasteiger partial charge in [0.05, 0.1) is 52.1 Å². The van der Waals surface area contributed by atoms with Gasteiger partial charge in [0.25, 0.3) is 16.7 Å². The largest absolute Gasteiger partial charge is 0.773 e. The summed E-state index contributed by atoms with van der Waals surface area (Å²) in [6, 6.07) is 28.3. The molecule has 552 valence electrons. The molecule has 12 rings (SSSR count). The first kappa shape index (κ1) is 85.1. The third-order valence-corrected chi connectivity index (χ3v) is 16.8. The molecular weight excluding hydrogens is 1400 g/mol. The van der Waals surface area contributed by atoms with E-state index in [0.717, 1.165) is 85.2 Å². The fourth-order valence-electron chi connectivity index (χ4n) is 11.2. The second kappa shape index (κ2) is 36.0. The number of hydrogen-bond acceptors (Lipinski definition) is 19. The van der Waals surface area contributed by atoms with Crippen molar-refractivity contribution in [2.75, 3.05) is 54.0 Å². The van der Waals surface area contributed by atoms with E-state index in [2.05, 4.69) is 36.4 Å². The van der Waals surface area contributed by atoms with E-state index in [1.165, 1.54) is 35.7 Å². The number of hydrogen-bond donors (Lipinski definition) is 7. The molecule has 0 aliphatic carbocycles. The Labute approximate surface area is 609 Å². The van der Waals surface area contributed by atoms with Gasteiger partial charge in [0.1, 0.15) is 22.7 Å². The van der Waals surface area contributed by atoms with Crippen molar-refractivity contribution in [1.29, 1.82) is 0 Å². The highest BCUT2D eigenvalue weighted by Gasteiger charge is 2.37. The molecule has 2 saturated heterocycles. The normalized spacial score (nSPS) is 17.0. The Hall–Kier alpha value is -8.35. The topological polar surface area (TPSA) is 359 Å². The molecule has 0 saturated carbocycles. The van der Waals surface area contributed by atoms with Crippen LogP contribution in [-0.2, 0) is 56.5 Å². The maximum atomic E-state index is 14.1. The molecule has 3 amide bonds. The van der Waals surface area contributed by atoms with Crippen LogP contribution in [0.4, 0.5) is 26.8 Å². The number of halogens is 3. The monoisotopic (exact) mass is 1490 g/mol. The Kier molecular flexibility index (Phi) is 30.3. The zero-order valence-corrected chi connectivity index (χ0v) is 59.2. The maximum absolute atomic E-state index is 14.1. The third-order valence-electron chi connectivity index (χ3n) is 15.6. The molecule has 0 radical (unpaired) electrons. The molecular formula is C70H96Cl3N14O12S2-. The number of nitrogens with one attached hydrogen (secondary N) is 4. The summed E-state index contributed by atoms with van der Waals surface area (Å²) in [4.78, 5) is 74.2. The van der Waals surface area contributed by atoms with E-state index < -0.39 is 49.7 Å². The summed E-state index contributed by atoms with van der Waals surface area (Å²) in [6.45, 7) is 18.8. The van der Waals surface area contributed by atoms with Crippen LogP contribution in [0.5, 0.6) is 5.88 Å². The van der Waals surface area contributed by atoms with Gasteiger partial charge in [-0.05, 0) is 164 Å². The van der Waals surface area contributed by atoms with Crippen LogP contribution in [0.1, 0.15) is 162 Å². The lowest BCUT2D eigenvalue weighted by molar-refractivity contribution is 0.0110. The molecule has 26 nitrogen and oxygen atoms in total. The van der Waals surface area contributed by atoms with Gasteiger partial charge in [-0.1, -0.05) is 113 Å². The number of fused-ring (bicyclic) bond motifs is 4. The minimum atomic E-state index is -3.63. The number of nitrogen functional groups attached to an aromatic ring is 1. The van der Waals surface area contributed by atoms with E-state index in [9.17, 15) is 37.5 Å². The van der Waals surface area contributed by atoms with Crippen molar-refractivity contribution in [2.24, 2.45) is 5.73 Å². The average molecular weight is 1500 g/mol. The lowest BCUT2D eigenvalue weighted by atomic mass is 9.91. The summed E-state index contributed by atoms with van der Waals surface area (Å²) in [7, 11) is -3.63. The smallest absolute Gasteiger partial charge is 0.411 e. The highest BCUT2D eigenvalue weighted by atomic mass is 35.5. The maximum Gasteiger partial charge on any atom is 0.411 e. The van der Waals surface area contributed by atoms with Crippen LogP contribution in [-0.4, -0.2) is 147 Å². The minimum absolute atomic E-state index is 0. The molecule has 8 aromatic rings. The lowest BCUT2D eigenvalue weighted by Crippen LogP contribution is -2.42. The number of aromatic nitrogens is 6. The Morgan fingerprint density at radius 3 is 1.85 bits per heavy atom. The molecule has 0 bridgehead atoms.